The number of nitrogens with zero attached hydrogens (tertiary/aromatic N) is 1. The van der Waals surface area contributed by atoms with Crippen LogP contribution in [0.1, 0.15) is 37.3 Å². The Labute approximate surface area is 90.5 Å². The van der Waals surface area contributed by atoms with E-state index in [-0.39, 0.29) is 0 Å². The summed E-state index contributed by atoms with van der Waals surface area (Å²) >= 11 is 0. The van der Waals surface area contributed by atoms with E-state index in [0.29, 0.717) is 24.2 Å². The van der Waals surface area contributed by atoms with Crippen molar-refractivity contribution in [2.45, 2.75) is 32.6 Å². The number of hydrogen-bond acceptors (Lipinski definition) is 2. The molecule has 15 heavy (non-hydrogen) atoms. The summed E-state index contributed by atoms with van der Waals surface area (Å²) in [5.41, 5.74) is 1.79. The highest BCUT2D eigenvalue weighted by molar-refractivity contribution is 5.78. The first kappa shape index (κ1) is 11.5. The van der Waals surface area contributed by atoms with Crippen molar-refractivity contribution in [3.05, 3.63) is 35.4 Å². The quantitative estimate of drug-likeness (QED) is 0.735. The molecule has 0 aliphatic rings. The Bertz CT molecular complexity index is 359. The topological polar surface area (TPSA) is 40.9 Å². The van der Waals surface area contributed by atoms with Gasteiger partial charge >= 0.3 is 0 Å². The van der Waals surface area contributed by atoms with Crippen molar-refractivity contribution in [1.82, 2.24) is 0 Å². The Kier molecular flexibility index (Phi) is 4.56. The molecule has 78 valence electrons. The number of benzene rings is 1. The molecule has 0 aromatic heterocycles. The summed E-state index contributed by atoms with van der Waals surface area (Å²) in [6.07, 6.45) is 2.99. The fourth-order valence-electron chi connectivity index (χ4n) is 1.43. The van der Waals surface area contributed by atoms with Crippen molar-refractivity contribution in [2.75, 3.05) is 0 Å². The van der Waals surface area contributed by atoms with Crippen molar-refractivity contribution in [2.24, 2.45) is 0 Å². The van der Waals surface area contributed by atoms with E-state index in [1.54, 1.807) is 12.1 Å². The summed E-state index contributed by atoms with van der Waals surface area (Å²) in [6.45, 7) is 2.01. The molecule has 0 radical (unpaired) electrons. The van der Waals surface area contributed by atoms with E-state index in [9.17, 15) is 4.79 Å². The molecule has 0 atom stereocenters. The van der Waals surface area contributed by atoms with Gasteiger partial charge in [-0.2, -0.15) is 5.26 Å². The molecule has 1 aromatic rings. The zero-order chi connectivity index (χ0) is 11.1. The monoisotopic (exact) mass is 201 g/mol. The van der Waals surface area contributed by atoms with Crippen molar-refractivity contribution >= 4 is 5.78 Å². The predicted octanol–water partition coefficient (Wildman–Crippen LogP) is 2.86. The normalized spacial score (nSPS) is 9.60. The van der Waals surface area contributed by atoms with Gasteiger partial charge < -0.3 is 0 Å². The van der Waals surface area contributed by atoms with E-state index in [1.165, 1.54) is 0 Å². The highest BCUT2D eigenvalue weighted by atomic mass is 16.1. The molecule has 0 fully saturated rings. The lowest BCUT2D eigenvalue weighted by Crippen LogP contribution is -1.99. The summed E-state index contributed by atoms with van der Waals surface area (Å²) in [5, 5.41) is 8.61. The molecule has 0 aliphatic carbocycles. The zero-order valence-corrected chi connectivity index (χ0v) is 8.99. The first-order valence-electron chi connectivity index (χ1n) is 5.27. The number of carbonyl (C=O) groups excluding carboxylic acids is 1. The van der Waals surface area contributed by atoms with E-state index < -0.39 is 0 Å². The number of aryl methyl sites for hydroxylation is 1. The molecule has 2 nitrogen and oxygen atoms in total. The van der Waals surface area contributed by atoms with Crippen LogP contribution in [0.25, 0.3) is 0 Å². The fraction of sp³-hybridized carbons (Fsp3) is 0.385. The molecule has 0 amide bonds. The van der Waals surface area contributed by atoms with Crippen molar-refractivity contribution in [3.63, 3.8) is 0 Å². The number of Topliss-reactive ketones (excluding diaryl/α,β-unsaturated/α-hetero) is 1. The maximum atomic E-state index is 11.3. The molecule has 0 unspecified atom stereocenters. The molecule has 1 aromatic carbocycles. The van der Waals surface area contributed by atoms with Crippen molar-refractivity contribution < 1.29 is 4.79 Å². The second kappa shape index (κ2) is 5.98. The SMILES string of the molecule is CCCC(=O)CCc1ccc(C#N)cc1. The average molecular weight is 201 g/mol. The average Bonchev–Trinajstić information content (AvgIpc) is 2.27. The number of nitriles is 1. The molecule has 1 rings (SSSR count). The van der Waals surface area contributed by atoms with Crippen LogP contribution in [0.2, 0.25) is 0 Å². The third-order valence-electron chi connectivity index (χ3n) is 2.30. The van der Waals surface area contributed by atoms with Gasteiger partial charge in [-0.3, -0.25) is 4.79 Å². The molecule has 0 saturated heterocycles. The minimum absolute atomic E-state index is 0.321. The summed E-state index contributed by atoms with van der Waals surface area (Å²) in [7, 11) is 0. The molecule has 0 N–H and O–H groups in total. The van der Waals surface area contributed by atoms with Crippen LogP contribution in [0.15, 0.2) is 24.3 Å². The maximum absolute atomic E-state index is 11.3. The minimum atomic E-state index is 0.321. The fourth-order valence-corrected chi connectivity index (χ4v) is 1.43. The van der Waals surface area contributed by atoms with Gasteiger partial charge in [0.25, 0.3) is 0 Å². The zero-order valence-electron chi connectivity index (χ0n) is 8.99. The molecule has 0 saturated carbocycles. The van der Waals surface area contributed by atoms with Gasteiger partial charge in [-0.25, -0.2) is 0 Å². The Hall–Kier alpha value is -1.62. The lowest BCUT2D eigenvalue weighted by atomic mass is 10.0. The third kappa shape index (κ3) is 3.95. The summed E-state index contributed by atoms with van der Waals surface area (Å²) < 4.78 is 0. The van der Waals surface area contributed by atoms with Crippen LogP contribution in [-0.2, 0) is 11.2 Å². The largest absolute Gasteiger partial charge is 0.300 e. The van der Waals surface area contributed by atoms with Gasteiger partial charge in [-0.1, -0.05) is 19.1 Å². The van der Waals surface area contributed by atoms with E-state index >= 15 is 0 Å². The molecule has 0 aliphatic heterocycles. The maximum Gasteiger partial charge on any atom is 0.133 e. The molecule has 2 heteroatoms. The van der Waals surface area contributed by atoms with Gasteiger partial charge in [0.2, 0.25) is 0 Å². The van der Waals surface area contributed by atoms with Gasteiger partial charge in [0, 0.05) is 12.8 Å². The lowest BCUT2D eigenvalue weighted by Gasteiger charge is -2.00. The van der Waals surface area contributed by atoms with Crippen LogP contribution in [0.4, 0.5) is 0 Å². The molecular weight excluding hydrogens is 186 g/mol. The Morgan fingerprint density at radius 2 is 1.93 bits per heavy atom. The van der Waals surface area contributed by atoms with Gasteiger partial charge in [0.05, 0.1) is 11.6 Å². The molecular formula is C13H15NO. The highest BCUT2D eigenvalue weighted by Gasteiger charge is 2.01. The Balaban J connectivity index is 2.45. The number of hydrogen-bond donors (Lipinski definition) is 0. The summed E-state index contributed by atoms with van der Waals surface area (Å²) in [5.74, 6) is 0.321. The second-order valence-electron chi connectivity index (χ2n) is 3.60. The molecule has 0 bridgehead atoms. The van der Waals surface area contributed by atoms with Gasteiger partial charge in [-0.05, 0) is 30.5 Å². The summed E-state index contributed by atoms with van der Waals surface area (Å²) in [6, 6.07) is 9.48. The third-order valence-corrected chi connectivity index (χ3v) is 2.30. The van der Waals surface area contributed by atoms with Crippen LogP contribution in [0.3, 0.4) is 0 Å². The summed E-state index contributed by atoms with van der Waals surface area (Å²) in [4.78, 5) is 11.3. The Morgan fingerprint density at radius 3 is 2.47 bits per heavy atom. The van der Waals surface area contributed by atoms with Gasteiger partial charge in [0.1, 0.15) is 5.78 Å². The second-order valence-corrected chi connectivity index (χ2v) is 3.60. The van der Waals surface area contributed by atoms with Crippen molar-refractivity contribution in [1.29, 1.82) is 5.26 Å². The van der Waals surface area contributed by atoms with Gasteiger partial charge in [-0.15, -0.1) is 0 Å². The van der Waals surface area contributed by atoms with Crippen molar-refractivity contribution in [3.8, 4) is 6.07 Å². The number of ketones is 1. The molecule has 0 heterocycles. The smallest absolute Gasteiger partial charge is 0.133 e. The standard InChI is InChI=1S/C13H15NO/c1-2-3-13(15)9-8-11-4-6-12(10-14)7-5-11/h4-7H,2-3,8-9H2,1H3. The first-order chi connectivity index (χ1) is 7.26. The van der Waals surface area contributed by atoms with Crippen LogP contribution in [0, 0.1) is 11.3 Å². The van der Waals surface area contributed by atoms with E-state index in [0.717, 1.165) is 18.4 Å². The highest BCUT2D eigenvalue weighted by Crippen LogP contribution is 2.07. The molecule has 0 spiro atoms. The van der Waals surface area contributed by atoms with Gasteiger partial charge in [0.15, 0.2) is 0 Å². The predicted molar refractivity (Wildman–Crippen MR) is 59.4 cm³/mol. The van der Waals surface area contributed by atoms with Crippen LogP contribution >= 0.6 is 0 Å². The number of carbonyl (C=O) groups is 1. The van der Waals surface area contributed by atoms with Crippen LogP contribution < -0.4 is 0 Å². The Morgan fingerprint density at radius 1 is 1.27 bits per heavy atom. The number of rotatable bonds is 5. The van der Waals surface area contributed by atoms with Crippen LogP contribution in [-0.4, -0.2) is 5.78 Å². The van der Waals surface area contributed by atoms with E-state index in [1.807, 2.05) is 19.1 Å². The van der Waals surface area contributed by atoms with E-state index in [4.69, 9.17) is 5.26 Å². The van der Waals surface area contributed by atoms with Crippen LogP contribution in [0.5, 0.6) is 0 Å². The first-order valence-corrected chi connectivity index (χ1v) is 5.27. The van der Waals surface area contributed by atoms with E-state index in [2.05, 4.69) is 6.07 Å². The minimum Gasteiger partial charge on any atom is -0.300 e. The lowest BCUT2D eigenvalue weighted by molar-refractivity contribution is -0.119.